The van der Waals surface area contributed by atoms with Crippen molar-refractivity contribution >= 4 is 5.97 Å². The van der Waals surface area contributed by atoms with Crippen molar-refractivity contribution < 1.29 is 23.4 Å². The molecule has 0 saturated carbocycles. The van der Waals surface area contributed by atoms with E-state index in [1.165, 1.54) is 44.7 Å². The molecule has 184 valence electrons. The summed E-state index contributed by atoms with van der Waals surface area (Å²) in [4.78, 5) is 27.1. The van der Waals surface area contributed by atoms with Crippen molar-refractivity contribution in [2.45, 2.75) is 38.9 Å². The van der Waals surface area contributed by atoms with E-state index >= 15 is 0 Å². The lowest BCUT2D eigenvalue weighted by Gasteiger charge is -2.26. The molecule has 1 aliphatic rings. The molecule has 2 aromatic carbocycles. The van der Waals surface area contributed by atoms with E-state index in [1.807, 2.05) is 30.3 Å². The van der Waals surface area contributed by atoms with Crippen LogP contribution in [0.25, 0.3) is 0 Å². The molecule has 1 aliphatic heterocycles. The number of nitrogens with zero attached hydrogens (tertiary/aromatic N) is 1. The monoisotopic (exact) mass is 477 g/mol. The summed E-state index contributed by atoms with van der Waals surface area (Å²) in [6, 6.07) is 17.6. The quantitative estimate of drug-likeness (QED) is 0.289. The van der Waals surface area contributed by atoms with Crippen molar-refractivity contribution in [3.8, 4) is 11.5 Å². The third kappa shape index (κ3) is 7.72. The molecule has 0 unspecified atom stereocenters. The Morgan fingerprint density at radius 3 is 2.43 bits per heavy atom. The Bertz CT molecular complexity index is 1120. The van der Waals surface area contributed by atoms with E-state index in [2.05, 4.69) is 4.90 Å². The van der Waals surface area contributed by atoms with Crippen molar-refractivity contribution in [1.29, 1.82) is 0 Å². The van der Waals surface area contributed by atoms with E-state index in [0.29, 0.717) is 12.2 Å². The van der Waals surface area contributed by atoms with Crippen molar-refractivity contribution in [2.24, 2.45) is 0 Å². The molecule has 2 heterocycles. The predicted octanol–water partition coefficient (Wildman–Crippen LogP) is 4.83. The van der Waals surface area contributed by atoms with Crippen molar-refractivity contribution in [2.75, 3.05) is 26.2 Å². The first-order chi connectivity index (χ1) is 17.2. The van der Waals surface area contributed by atoms with Gasteiger partial charge in [0.2, 0.25) is 11.2 Å². The van der Waals surface area contributed by atoms with Gasteiger partial charge in [0.15, 0.2) is 0 Å². The second-order valence-corrected chi connectivity index (χ2v) is 8.55. The summed E-state index contributed by atoms with van der Waals surface area (Å²) in [6.45, 7) is 4.18. The molecule has 0 radical (unpaired) electrons. The van der Waals surface area contributed by atoms with Gasteiger partial charge in [-0.15, -0.1) is 0 Å². The minimum absolute atomic E-state index is 0.107. The molecule has 7 heteroatoms. The second kappa shape index (κ2) is 12.8. The number of hydrogen-bond acceptors (Lipinski definition) is 7. The fraction of sp³-hybridized carbons (Fsp3) is 0.357. The molecule has 1 aromatic heterocycles. The third-order valence-electron chi connectivity index (χ3n) is 5.86. The van der Waals surface area contributed by atoms with Gasteiger partial charge in [0.05, 0.1) is 12.2 Å². The van der Waals surface area contributed by atoms with Gasteiger partial charge in [-0.2, -0.15) is 0 Å². The molecule has 0 spiro atoms. The number of rotatable bonds is 11. The molecular weight excluding hydrogens is 446 g/mol. The number of hydrogen-bond donors (Lipinski definition) is 0. The summed E-state index contributed by atoms with van der Waals surface area (Å²) < 4.78 is 22.0. The highest BCUT2D eigenvalue weighted by Crippen LogP contribution is 2.15. The Kier molecular flexibility index (Phi) is 8.95. The zero-order valence-electron chi connectivity index (χ0n) is 19.8. The molecule has 0 aliphatic carbocycles. The number of esters is 1. The van der Waals surface area contributed by atoms with Crippen LogP contribution in [0.5, 0.6) is 11.5 Å². The first-order valence-electron chi connectivity index (χ1n) is 12.1. The largest absolute Gasteiger partial charge is 0.494 e. The molecule has 4 rings (SSSR count). The van der Waals surface area contributed by atoms with E-state index < -0.39 is 5.97 Å². The van der Waals surface area contributed by atoms with Gasteiger partial charge in [-0.3, -0.25) is 4.79 Å². The number of benzene rings is 2. The number of likely N-dealkylation sites (tertiary alicyclic amines) is 1. The highest BCUT2D eigenvalue weighted by atomic mass is 16.5. The summed E-state index contributed by atoms with van der Waals surface area (Å²) in [5.74, 6) is 0.561. The molecule has 1 fully saturated rings. The zero-order valence-corrected chi connectivity index (χ0v) is 19.8. The average molecular weight is 478 g/mol. The first-order valence-corrected chi connectivity index (χ1v) is 12.1. The second-order valence-electron chi connectivity index (χ2n) is 8.55. The Morgan fingerprint density at radius 2 is 1.69 bits per heavy atom. The highest BCUT2D eigenvalue weighted by molar-refractivity contribution is 5.89. The summed E-state index contributed by atoms with van der Waals surface area (Å²) in [5, 5.41) is 0. The first kappa shape index (κ1) is 24.5. The normalized spacial score (nSPS) is 13.8. The maximum absolute atomic E-state index is 12.4. The van der Waals surface area contributed by atoms with Crippen LogP contribution >= 0.6 is 0 Å². The SMILES string of the molecule is O=C(OCc1cc(=O)c(OCc2ccccc2)co1)c1ccc(OCCCN2CCCCC2)cc1. The topological polar surface area (TPSA) is 78.2 Å². The highest BCUT2D eigenvalue weighted by Gasteiger charge is 2.12. The van der Waals surface area contributed by atoms with Crippen LogP contribution in [0.4, 0.5) is 0 Å². The number of carbonyl (C=O) groups excluding carboxylic acids is 1. The third-order valence-corrected chi connectivity index (χ3v) is 5.86. The fourth-order valence-electron chi connectivity index (χ4n) is 3.92. The summed E-state index contributed by atoms with van der Waals surface area (Å²) in [5.41, 5.74) is 1.01. The zero-order chi connectivity index (χ0) is 24.3. The minimum atomic E-state index is -0.506. The van der Waals surface area contributed by atoms with Gasteiger partial charge in [-0.1, -0.05) is 36.8 Å². The lowest BCUT2D eigenvalue weighted by atomic mass is 10.1. The maximum Gasteiger partial charge on any atom is 0.338 e. The van der Waals surface area contributed by atoms with Crippen LogP contribution in [-0.4, -0.2) is 37.1 Å². The van der Waals surface area contributed by atoms with Gasteiger partial charge in [0.1, 0.15) is 31.0 Å². The molecule has 0 bridgehead atoms. The lowest BCUT2D eigenvalue weighted by Crippen LogP contribution is -2.31. The van der Waals surface area contributed by atoms with Crippen LogP contribution in [-0.2, 0) is 18.0 Å². The van der Waals surface area contributed by atoms with Crippen LogP contribution in [0, 0.1) is 0 Å². The number of piperidine rings is 1. The summed E-state index contributed by atoms with van der Waals surface area (Å²) in [6.07, 6.45) is 6.14. The van der Waals surface area contributed by atoms with Crippen molar-refractivity contribution in [3.63, 3.8) is 0 Å². The molecule has 1 saturated heterocycles. The molecular formula is C28H31NO6. The van der Waals surface area contributed by atoms with Gasteiger partial charge < -0.3 is 23.5 Å². The Balaban J connectivity index is 1.19. The van der Waals surface area contributed by atoms with E-state index in [4.69, 9.17) is 18.6 Å². The molecule has 0 atom stereocenters. The van der Waals surface area contributed by atoms with Crippen LogP contribution in [0.15, 0.2) is 76.1 Å². The van der Waals surface area contributed by atoms with E-state index in [9.17, 15) is 9.59 Å². The van der Waals surface area contributed by atoms with Crippen molar-refractivity contribution in [3.05, 3.63) is 94.0 Å². The Hall–Kier alpha value is -3.58. The maximum atomic E-state index is 12.4. The van der Waals surface area contributed by atoms with Crippen LogP contribution in [0.1, 0.15) is 47.4 Å². The van der Waals surface area contributed by atoms with Gasteiger partial charge in [0.25, 0.3) is 0 Å². The predicted molar refractivity (Wildman–Crippen MR) is 132 cm³/mol. The number of ether oxygens (including phenoxy) is 3. The van der Waals surface area contributed by atoms with E-state index in [0.717, 1.165) is 24.3 Å². The molecule has 35 heavy (non-hydrogen) atoms. The number of carbonyl (C=O) groups is 1. The van der Waals surface area contributed by atoms with Crippen LogP contribution < -0.4 is 14.9 Å². The average Bonchev–Trinajstić information content (AvgIpc) is 2.91. The Labute approximate surface area is 205 Å². The van der Waals surface area contributed by atoms with Gasteiger partial charge >= 0.3 is 5.97 Å². The van der Waals surface area contributed by atoms with Crippen LogP contribution in [0.3, 0.4) is 0 Å². The molecule has 0 N–H and O–H groups in total. The van der Waals surface area contributed by atoms with E-state index in [-0.39, 0.29) is 30.2 Å². The molecule has 0 amide bonds. The smallest absolute Gasteiger partial charge is 0.338 e. The lowest BCUT2D eigenvalue weighted by molar-refractivity contribution is 0.0442. The molecule has 3 aromatic rings. The van der Waals surface area contributed by atoms with Gasteiger partial charge in [0, 0.05) is 12.6 Å². The molecule has 7 nitrogen and oxygen atoms in total. The Morgan fingerprint density at radius 1 is 0.914 bits per heavy atom. The van der Waals surface area contributed by atoms with Crippen molar-refractivity contribution in [1.82, 2.24) is 4.90 Å². The fourth-order valence-corrected chi connectivity index (χ4v) is 3.92. The minimum Gasteiger partial charge on any atom is -0.494 e. The summed E-state index contributed by atoms with van der Waals surface area (Å²) in [7, 11) is 0. The van der Waals surface area contributed by atoms with Crippen LogP contribution in [0.2, 0.25) is 0 Å². The van der Waals surface area contributed by atoms with Gasteiger partial charge in [-0.05, 0) is 62.2 Å². The standard InChI is InChI=1S/C28H31NO6/c30-26-18-25(33-21-27(26)34-19-22-8-3-1-4-9-22)20-35-28(31)23-10-12-24(13-11-23)32-17-7-16-29-14-5-2-6-15-29/h1,3-4,8-13,18,21H,2,5-7,14-17,19-20H2. The van der Waals surface area contributed by atoms with Gasteiger partial charge in [-0.25, -0.2) is 4.79 Å². The van der Waals surface area contributed by atoms with E-state index in [1.54, 1.807) is 24.3 Å². The summed E-state index contributed by atoms with van der Waals surface area (Å²) >= 11 is 0.